The minimum absolute atomic E-state index is 0.0921. The fourth-order valence-corrected chi connectivity index (χ4v) is 4.80. The molecule has 0 radical (unpaired) electrons. The minimum Gasteiger partial charge on any atom is -0.208 e. The highest BCUT2D eigenvalue weighted by Crippen LogP contribution is 2.30. The SMILES string of the molecule is Cc1cc(S(=O)(=O)NC(C)CCBr)sc1Cl. The van der Waals surface area contributed by atoms with Crippen molar-refractivity contribution in [1.82, 2.24) is 4.72 Å². The van der Waals surface area contributed by atoms with Crippen LogP contribution in [0.25, 0.3) is 0 Å². The molecule has 0 aliphatic heterocycles. The van der Waals surface area contributed by atoms with E-state index in [1.54, 1.807) is 13.0 Å². The summed E-state index contributed by atoms with van der Waals surface area (Å²) < 4.78 is 27.2. The van der Waals surface area contributed by atoms with Gasteiger partial charge in [0.2, 0.25) is 10.0 Å². The van der Waals surface area contributed by atoms with Crippen LogP contribution in [0.2, 0.25) is 4.34 Å². The molecule has 1 N–H and O–H groups in total. The normalized spacial score (nSPS) is 14.0. The van der Waals surface area contributed by atoms with Gasteiger partial charge in [-0.3, -0.25) is 0 Å². The van der Waals surface area contributed by atoms with Crippen molar-refractivity contribution in [2.45, 2.75) is 30.5 Å². The van der Waals surface area contributed by atoms with E-state index in [1.165, 1.54) is 0 Å². The van der Waals surface area contributed by atoms with Crippen LogP contribution in [-0.2, 0) is 10.0 Å². The third-order valence-electron chi connectivity index (χ3n) is 2.00. The molecule has 0 aliphatic carbocycles. The van der Waals surface area contributed by atoms with Crippen molar-refractivity contribution < 1.29 is 8.42 Å². The van der Waals surface area contributed by atoms with Crippen molar-refractivity contribution in [2.24, 2.45) is 0 Å². The summed E-state index contributed by atoms with van der Waals surface area (Å²) in [6.07, 6.45) is 0.747. The highest BCUT2D eigenvalue weighted by molar-refractivity contribution is 9.09. The summed E-state index contributed by atoms with van der Waals surface area (Å²) in [5.41, 5.74) is 0.792. The van der Waals surface area contributed by atoms with Crippen LogP contribution in [0, 0.1) is 6.92 Å². The third kappa shape index (κ3) is 3.70. The molecule has 1 aromatic heterocycles. The van der Waals surface area contributed by atoms with Crippen LogP contribution in [-0.4, -0.2) is 19.8 Å². The van der Waals surface area contributed by atoms with Crippen LogP contribution in [0.4, 0.5) is 0 Å². The molecule has 0 spiro atoms. The Balaban J connectivity index is 2.86. The first kappa shape index (κ1) is 14.4. The molecule has 1 rings (SSSR count). The van der Waals surface area contributed by atoms with Crippen molar-refractivity contribution in [3.63, 3.8) is 0 Å². The third-order valence-corrected chi connectivity index (χ3v) is 6.07. The summed E-state index contributed by atoms with van der Waals surface area (Å²) in [6.45, 7) is 3.63. The van der Waals surface area contributed by atoms with E-state index in [9.17, 15) is 8.42 Å². The van der Waals surface area contributed by atoms with Gasteiger partial charge in [0.15, 0.2) is 0 Å². The van der Waals surface area contributed by atoms with Crippen LogP contribution in [0.5, 0.6) is 0 Å². The van der Waals surface area contributed by atoms with Crippen LogP contribution in [0.3, 0.4) is 0 Å². The number of nitrogens with one attached hydrogen (secondary N) is 1. The summed E-state index contributed by atoms with van der Waals surface area (Å²) in [7, 11) is -3.42. The Kier molecular flexibility index (Phi) is 5.25. The topological polar surface area (TPSA) is 46.2 Å². The van der Waals surface area contributed by atoms with E-state index in [0.29, 0.717) is 4.34 Å². The first-order valence-corrected chi connectivity index (χ1v) is 8.51. The summed E-state index contributed by atoms with van der Waals surface area (Å²) >= 11 is 10.2. The Bertz CT molecular complexity index is 439. The summed E-state index contributed by atoms with van der Waals surface area (Å²) in [6, 6.07) is 1.50. The van der Waals surface area contributed by atoms with Crippen LogP contribution in [0.1, 0.15) is 18.9 Å². The molecule has 0 aliphatic rings. The van der Waals surface area contributed by atoms with Crippen molar-refractivity contribution in [3.8, 4) is 0 Å². The molecule has 16 heavy (non-hydrogen) atoms. The van der Waals surface area contributed by atoms with E-state index < -0.39 is 10.0 Å². The Hall–Kier alpha value is 0.380. The van der Waals surface area contributed by atoms with Gasteiger partial charge >= 0.3 is 0 Å². The van der Waals surface area contributed by atoms with Gasteiger partial charge in [0.25, 0.3) is 0 Å². The Morgan fingerprint density at radius 1 is 1.62 bits per heavy atom. The molecule has 1 atom stereocenters. The van der Waals surface area contributed by atoms with E-state index in [4.69, 9.17) is 11.6 Å². The average molecular weight is 347 g/mol. The lowest BCUT2D eigenvalue weighted by atomic mass is 10.3. The predicted molar refractivity (Wildman–Crippen MR) is 72.3 cm³/mol. The molecule has 0 bridgehead atoms. The zero-order chi connectivity index (χ0) is 12.3. The van der Waals surface area contributed by atoms with Gasteiger partial charge < -0.3 is 0 Å². The number of aryl methyl sites for hydroxylation is 1. The van der Waals surface area contributed by atoms with Gasteiger partial charge in [0, 0.05) is 11.4 Å². The molecule has 1 aromatic rings. The second kappa shape index (κ2) is 5.82. The van der Waals surface area contributed by atoms with E-state index in [1.807, 2.05) is 6.92 Å². The number of halogens is 2. The Morgan fingerprint density at radius 3 is 2.69 bits per heavy atom. The maximum absolute atomic E-state index is 11.9. The standard InChI is InChI=1S/C9H13BrClNO2S2/c1-6-5-8(15-9(6)11)16(13,14)12-7(2)3-4-10/h5,7,12H,3-4H2,1-2H3. The molecule has 0 fully saturated rings. The maximum atomic E-state index is 11.9. The molecule has 0 aromatic carbocycles. The van der Waals surface area contributed by atoms with E-state index >= 15 is 0 Å². The molecular formula is C9H13BrClNO2S2. The second-order valence-electron chi connectivity index (χ2n) is 3.52. The highest BCUT2D eigenvalue weighted by Gasteiger charge is 2.20. The van der Waals surface area contributed by atoms with E-state index in [2.05, 4.69) is 20.7 Å². The van der Waals surface area contributed by atoms with Crippen molar-refractivity contribution >= 4 is 48.9 Å². The van der Waals surface area contributed by atoms with Gasteiger partial charge in [-0.25, -0.2) is 13.1 Å². The lowest BCUT2D eigenvalue weighted by Gasteiger charge is -2.11. The average Bonchev–Trinajstić information content (AvgIpc) is 2.47. The monoisotopic (exact) mass is 345 g/mol. The fraction of sp³-hybridized carbons (Fsp3) is 0.556. The second-order valence-corrected chi connectivity index (χ2v) is 7.91. The number of hydrogen-bond acceptors (Lipinski definition) is 3. The lowest BCUT2D eigenvalue weighted by Crippen LogP contribution is -2.32. The zero-order valence-electron chi connectivity index (χ0n) is 8.96. The number of alkyl halides is 1. The van der Waals surface area contributed by atoms with Crippen LogP contribution in [0.15, 0.2) is 10.3 Å². The number of sulfonamides is 1. The van der Waals surface area contributed by atoms with Gasteiger partial charge in [0.05, 0.1) is 4.34 Å². The smallest absolute Gasteiger partial charge is 0.208 e. The van der Waals surface area contributed by atoms with Gasteiger partial charge in [-0.05, 0) is 31.9 Å². The largest absolute Gasteiger partial charge is 0.250 e. The Morgan fingerprint density at radius 2 is 2.25 bits per heavy atom. The van der Waals surface area contributed by atoms with Gasteiger partial charge in [0.1, 0.15) is 4.21 Å². The van der Waals surface area contributed by atoms with Crippen molar-refractivity contribution in [1.29, 1.82) is 0 Å². The first-order valence-electron chi connectivity index (χ1n) is 4.71. The molecule has 7 heteroatoms. The lowest BCUT2D eigenvalue weighted by molar-refractivity contribution is 0.559. The molecule has 92 valence electrons. The zero-order valence-corrected chi connectivity index (χ0v) is 12.9. The van der Waals surface area contributed by atoms with Crippen molar-refractivity contribution in [3.05, 3.63) is 16.0 Å². The first-order chi connectivity index (χ1) is 7.36. The molecule has 1 unspecified atom stereocenters. The van der Waals surface area contributed by atoms with Crippen LogP contribution < -0.4 is 4.72 Å². The summed E-state index contributed by atoms with van der Waals surface area (Å²) in [4.78, 5) is 0. The molecule has 0 amide bonds. The number of hydrogen-bond donors (Lipinski definition) is 1. The minimum atomic E-state index is -3.42. The Labute approximate surface area is 113 Å². The van der Waals surface area contributed by atoms with Gasteiger partial charge in [-0.1, -0.05) is 27.5 Å². The van der Waals surface area contributed by atoms with Crippen LogP contribution >= 0.6 is 38.9 Å². The molecule has 0 saturated heterocycles. The molecular weight excluding hydrogens is 334 g/mol. The quantitative estimate of drug-likeness (QED) is 0.832. The predicted octanol–water partition coefficient (Wildman–Crippen LogP) is 3.16. The fourth-order valence-electron chi connectivity index (χ4n) is 1.11. The van der Waals surface area contributed by atoms with Gasteiger partial charge in [-0.2, -0.15) is 0 Å². The summed E-state index contributed by atoms with van der Waals surface area (Å²) in [5.74, 6) is 0. The van der Waals surface area contributed by atoms with E-state index in [-0.39, 0.29) is 10.3 Å². The maximum Gasteiger partial charge on any atom is 0.250 e. The number of rotatable bonds is 5. The molecule has 1 heterocycles. The van der Waals surface area contributed by atoms with E-state index in [0.717, 1.165) is 28.7 Å². The van der Waals surface area contributed by atoms with Crippen molar-refractivity contribution in [2.75, 3.05) is 5.33 Å². The summed E-state index contributed by atoms with van der Waals surface area (Å²) in [5, 5.41) is 0.765. The molecule has 3 nitrogen and oxygen atoms in total. The number of thiophene rings is 1. The van der Waals surface area contributed by atoms with Gasteiger partial charge in [-0.15, -0.1) is 11.3 Å². The highest BCUT2D eigenvalue weighted by atomic mass is 79.9. The molecule has 0 saturated carbocycles.